The lowest BCUT2D eigenvalue weighted by atomic mass is 10.0. The maximum absolute atomic E-state index is 4.41. The minimum absolute atomic E-state index is 0.695. The van der Waals surface area contributed by atoms with E-state index in [-0.39, 0.29) is 0 Å². The molecule has 1 aromatic heterocycles. The highest BCUT2D eigenvalue weighted by Gasteiger charge is 2.24. The molecule has 1 heterocycles. The molecular weight excluding hydrogens is 198 g/mol. The summed E-state index contributed by atoms with van der Waals surface area (Å²) in [6.07, 6.45) is 7.21. The van der Waals surface area contributed by atoms with Crippen LogP contribution in [-0.2, 0) is 6.54 Å². The molecule has 0 aliphatic heterocycles. The van der Waals surface area contributed by atoms with Crippen LogP contribution in [0.5, 0.6) is 0 Å². The Kier molecular flexibility index (Phi) is 3.88. The summed E-state index contributed by atoms with van der Waals surface area (Å²) in [5.41, 5.74) is 1.11. The lowest BCUT2D eigenvalue weighted by molar-refractivity contribution is 0.387. The van der Waals surface area contributed by atoms with Crippen molar-refractivity contribution in [1.29, 1.82) is 0 Å². The number of aryl methyl sites for hydroxylation is 1. The molecule has 2 unspecified atom stereocenters. The molecule has 3 heteroatoms. The van der Waals surface area contributed by atoms with E-state index in [1.165, 1.54) is 25.7 Å². The quantitative estimate of drug-likeness (QED) is 0.845. The van der Waals surface area contributed by atoms with Crippen molar-refractivity contribution in [1.82, 2.24) is 15.3 Å². The first-order chi connectivity index (χ1) is 7.79. The van der Waals surface area contributed by atoms with Crippen LogP contribution < -0.4 is 5.32 Å². The maximum atomic E-state index is 4.41. The summed E-state index contributed by atoms with van der Waals surface area (Å²) in [4.78, 5) is 8.52. The summed E-state index contributed by atoms with van der Waals surface area (Å²) in [5.74, 6) is 1.72. The van der Waals surface area contributed by atoms with E-state index in [0.717, 1.165) is 24.0 Å². The number of nitrogens with one attached hydrogen (secondary N) is 1. The molecule has 1 aromatic rings. The third-order valence-electron chi connectivity index (χ3n) is 3.56. The Bertz CT molecular complexity index is 338. The van der Waals surface area contributed by atoms with Crippen molar-refractivity contribution in [2.75, 3.05) is 0 Å². The molecule has 0 bridgehead atoms. The van der Waals surface area contributed by atoms with Gasteiger partial charge in [-0.1, -0.05) is 19.8 Å². The monoisotopic (exact) mass is 219 g/mol. The van der Waals surface area contributed by atoms with Gasteiger partial charge in [0.15, 0.2) is 0 Å². The fourth-order valence-electron chi connectivity index (χ4n) is 2.63. The minimum Gasteiger partial charge on any atom is -0.308 e. The molecule has 0 aromatic carbocycles. The van der Waals surface area contributed by atoms with Gasteiger partial charge in [-0.25, -0.2) is 9.97 Å². The van der Waals surface area contributed by atoms with E-state index in [9.17, 15) is 0 Å². The molecule has 1 aliphatic carbocycles. The van der Waals surface area contributed by atoms with Crippen molar-refractivity contribution < 1.29 is 0 Å². The fourth-order valence-corrected chi connectivity index (χ4v) is 2.63. The van der Waals surface area contributed by atoms with Crippen molar-refractivity contribution in [2.45, 2.75) is 52.1 Å². The largest absolute Gasteiger partial charge is 0.308 e. The molecule has 0 spiro atoms. The number of rotatable bonds is 4. The van der Waals surface area contributed by atoms with Crippen molar-refractivity contribution in [2.24, 2.45) is 5.92 Å². The van der Waals surface area contributed by atoms with Gasteiger partial charge in [0.2, 0.25) is 0 Å². The molecule has 1 aliphatic rings. The predicted molar refractivity (Wildman–Crippen MR) is 65.0 cm³/mol. The van der Waals surface area contributed by atoms with Crippen molar-refractivity contribution in [3.05, 3.63) is 23.8 Å². The second-order valence-electron chi connectivity index (χ2n) is 4.68. The molecule has 2 atom stereocenters. The minimum atomic E-state index is 0.695. The molecule has 1 N–H and O–H groups in total. The van der Waals surface area contributed by atoms with Gasteiger partial charge in [0.25, 0.3) is 0 Å². The SMILES string of the molecule is CCC1CCCC1NCc1ccnc(C)n1. The van der Waals surface area contributed by atoms with E-state index < -0.39 is 0 Å². The number of hydrogen-bond donors (Lipinski definition) is 1. The third kappa shape index (κ3) is 2.79. The summed E-state index contributed by atoms with van der Waals surface area (Å²) in [6.45, 7) is 5.11. The maximum Gasteiger partial charge on any atom is 0.125 e. The average Bonchev–Trinajstić information content (AvgIpc) is 2.74. The van der Waals surface area contributed by atoms with Crippen LogP contribution in [0.25, 0.3) is 0 Å². The normalized spacial score (nSPS) is 24.9. The highest BCUT2D eigenvalue weighted by atomic mass is 15.0. The summed E-state index contributed by atoms with van der Waals surface area (Å²) in [5, 5.41) is 3.64. The Labute approximate surface area is 97.7 Å². The van der Waals surface area contributed by atoms with E-state index in [1.54, 1.807) is 0 Å². The zero-order valence-corrected chi connectivity index (χ0v) is 10.2. The van der Waals surface area contributed by atoms with Crippen LogP contribution in [0.3, 0.4) is 0 Å². The van der Waals surface area contributed by atoms with Gasteiger partial charge in [0.1, 0.15) is 5.82 Å². The van der Waals surface area contributed by atoms with Crippen LogP contribution in [0.4, 0.5) is 0 Å². The lowest BCUT2D eigenvalue weighted by Crippen LogP contribution is -2.31. The average molecular weight is 219 g/mol. The molecule has 0 radical (unpaired) electrons. The standard InChI is InChI=1S/C13H21N3/c1-3-11-5-4-6-13(11)15-9-12-7-8-14-10(2)16-12/h7-8,11,13,15H,3-6,9H2,1-2H3. The van der Waals surface area contributed by atoms with Gasteiger partial charge < -0.3 is 5.32 Å². The van der Waals surface area contributed by atoms with E-state index in [0.29, 0.717) is 6.04 Å². The Balaban J connectivity index is 1.87. The highest BCUT2D eigenvalue weighted by molar-refractivity contribution is 5.01. The molecule has 88 valence electrons. The van der Waals surface area contributed by atoms with Crippen molar-refractivity contribution >= 4 is 0 Å². The second-order valence-corrected chi connectivity index (χ2v) is 4.68. The summed E-state index contributed by atoms with van der Waals surface area (Å²) in [7, 11) is 0. The number of hydrogen-bond acceptors (Lipinski definition) is 3. The Morgan fingerprint density at radius 3 is 3.06 bits per heavy atom. The Hall–Kier alpha value is -0.960. The van der Waals surface area contributed by atoms with Crippen LogP contribution in [0, 0.1) is 12.8 Å². The van der Waals surface area contributed by atoms with Gasteiger partial charge in [0, 0.05) is 18.8 Å². The Morgan fingerprint density at radius 1 is 1.44 bits per heavy atom. The molecule has 1 saturated carbocycles. The van der Waals surface area contributed by atoms with Gasteiger partial charge in [-0.2, -0.15) is 0 Å². The van der Waals surface area contributed by atoms with Gasteiger partial charge in [-0.05, 0) is 31.7 Å². The lowest BCUT2D eigenvalue weighted by Gasteiger charge is -2.19. The molecular formula is C13H21N3. The first kappa shape index (κ1) is 11.5. The van der Waals surface area contributed by atoms with E-state index in [2.05, 4.69) is 22.2 Å². The van der Waals surface area contributed by atoms with Crippen LogP contribution in [0.15, 0.2) is 12.3 Å². The van der Waals surface area contributed by atoms with Crippen molar-refractivity contribution in [3.63, 3.8) is 0 Å². The summed E-state index contributed by atoms with van der Waals surface area (Å²) < 4.78 is 0. The van der Waals surface area contributed by atoms with Crippen LogP contribution in [0.1, 0.15) is 44.1 Å². The second kappa shape index (κ2) is 5.39. The molecule has 1 fully saturated rings. The topological polar surface area (TPSA) is 37.8 Å². The fraction of sp³-hybridized carbons (Fsp3) is 0.692. The zero-order chi connectivity index (χ0) is 11.4. The van der Waals surface area contributed by atoms with Crippen molar-refractivity contribution in [3.8, 4) is 0 Å². The van der Waals surface area contributed by atoms with Crippen LogP contribution >= 0.6 is 0 Å². The molecule has 0 amide bonds. The molecule has 0 saturated heterocycles. The highest BCUT2D eigenvalue weighted by Crippen LogP contribution is 2.28. The molecule has 3 nitrogen and oxygen atoms in total. The smallest absolute Gasteiger partial charge is 0.125 e. The van der Waals surface area contributed by atoms with E-state index in [1.807, 2.05) is 19.2 Å². The van der Waals surface area contributed by atoms with Crippen LogP contribution in [-0.4, -0.2) is 16.0 Å². The van der Waals surface area contributed by atoms with Gasteiger partial charge in [-0.3, -0.25) is 0 Å². The first-order valence-corrected chi connectivity index (χ1v) is 6.31. The predicted octanol–water partition coefficient (Wildman–Crippen LogP) is 2.45. The zero-order valence-electron chi connectivity index (χ0n) is 10.2. The third-order valence-corrected chi connectivity index (χ3v) is 3.56. The number of nitrogens with zero attached hydrogens (tertiary/aromatic N) is 2. The van der Waals surface area contributed by atoms with Gasteiger partial charge in [0.05, 0.1) is 5.69 Å². The van der Waals surface area contributed by atoms with E-state index in [4.69, 9.17) is 0 Å². The van der Waals surface area contributed by atoms with E-state index >= 15 is 0 Å². The van der Waals surface area contributed by atoms with Gasteiger partial charge in [-0.15, -0.1) is 0 Å². The summed E-state index contributed by atoms with van der Waals surface area (Å²) in [6, 6.07) is 2.69. The Morgan fingerprint density at radius 2 is 2.31 bits per heavy atom. The number of aromatic nitrogens is 2. The summed E-state index contributed by atoms with van der Waals surface area (Å²) >= 11 is 0. The first-order valence-electron chi connectivity index (χ1n) is 6.31. The molecule has 2 rings (SSSR count). The van der Waals surface area contributed by atoms with Crippen LogP contribution in [0.2, 0.25) is 0 Å². The van der Waals surface area contributed by atoms with Gasteiger partial charge >= 0.3 is 0 Å². The molecule has 16 heavy (non-hydrogen) atoms.